The predicted molar refractivity (Wildman–Crippen MR) is 103 cm³/mol. The Morgan fingerprint density at radius 3 is 2.42 bits per heavy atom. The highest BCUT2D eigenvalue weighted by Gasteiger charge is 2.25. The standard InChI is InChI=1S/C20H21BrN2O/c1-12-5-10-17-16(11-12)18(13(2)20(24)23(3)4)19(22-17)14-6-8-15(21)9-7-14/h5-11,13,22H,1-4H3. The first-order valence-electron chi connectivity index (χ1n) is 7.98. The van der Waals surface area contributed by atoms with E-state index in [0.29, 0.717) is 0 Å². The van der Waals surface area contributed by atoms with E-state index in [-0.39, 0.29) is 11.8 Å². The molecule has 1 amide bonds. The average Bonchev–Trinajstić information content (AvgIpc) is 2.92. The molecule has 0 bridgehead atoms. The lowest BCUT2D eigenvalue weighted by molar-refractivity contribution is -0.129. The van der Waals surface area contributed by atoms with Crippen molar-refractivity contribution in [2.24, 2.45) is 0 Å². The molecular weight excluding hydrogens is 364 g/mol. The summed E-state index contributed by atoms with van der Waals surface area (Å²) in [7, 11) is 3.61. The number of nitrogens with one attached hydrogen (secondary N) is 1. The second kappa shape index (κ2) is 6.44. The van der Waals surface area contributed by atoms with Crippen molar-refractivity contribution in [2.45, 2.75) is 19.8 Å². The summed E-state index contributed by atoms with van der Waals surface area (Å²) in [5.74, 6) is -0.107. The van der Waals surface area contributed by atoms with Crippen LogP contribution >= 0.6 is 15.9 Å². The number of fused-ring (bicyclic) bond motifs is 1. The number of carbonyl (C=O) groups is 1. The first-order valence-corrected chi connectivity index (χ1v) is 8.77. The molecule has 1 N–H and O–H groups in total. The van der Waals surface area contributed by atoms with Crippen LogP contribution in [0.15, 0.2) is 46.9 Å². The zero-order valence-electron chi connectivity index (χ0n) is 14.4. The van der Waals surface area contributed by atoms with Crippen molar-refractivity contribution >= 4 is 32.7 Å². The molecule has 1 unspecified atom stereocenters. The van der Waals surface area contributed by atoms with Gasteiger partial charge in [0.2, 0.25) is 5.91 Å². The second-order valence-corrected chi connectivity index (χ2v) is 7.34. The number of carbonyl (C=O) groups excluding carboxylic acids is 1. The van der Waals surface area contributed by atoms with Crippen molar-refractivity contribution in [3.8, 4) is 11.3 Å². The van der Waals surface area contributed by atoms with Crippen LogP contribution in [0.5, 0.6) is 0 Å². The van der Waals surface area contributed by atoms with E-state index in [0.717, 1.165) is 32.2 Å². The van der Waals surface area contributed by atoms with Crippen LogP contribution in [0, 0.1) is 6.92 Å². The Balaban J connectivity index is 2.26. The van der Waals surface area contributed by atoms with E-state index in [1.54, 1.807) is 19.0 Å². The largest absolute Gasteiger partial charge is 0.354 e. The van der Waals surface area contributed by atoms with Crippen molar-refractivity contribution in [2.75, 3.05) is 14.1 Å². The summed E-state index contributed by atoms with van der Waals surface area (Å²) < 4.78 is 1.04. The van der Waals surface area contributed by atoms with Crippen LogP contribution in [0.2, 0.25) is 0 Å². The van der Waals surface area contributed by atoms with Crippen LogP contribution in [-0.4, -0.2) is 29.9 Å². The average molecular weight is 385 g/mol. The molecule has 4 heteroatoms. The topological polar surface area (TPSA) is 36.1 Å². The number of hydrogen-bond acceptors (Lipinski definition) is 1. The van der Waals surface area contributed by atoms with Crippen LogP contribution in [0.25, 0.3) is 22.2 Å². The van der Waals surface area contributed by atoms with E-state index < -0.39 is 0 Å². The monoisotopic (exact) mass is 384 g/mol. The van der Waals surface area contributed by atoms with Crippen molar-refractivity contribution in [3.63, 3.8) is 0 Å². The zero-order valence-corrected chi connectivity index (χ0v) is 15.9. The van der Waals surface area contributed by atoms with E-state index in [9.17, 15) is 4.79 Å². The van der Waals surface area contributed by atoms with Gasteiger partial charge in [-0.2, -0.15) is 0 Å². The summed E-state index contributed by atoms with van der Waals surface area (Å²) in [5.41, 5.74) is 5.42. The van der Waals surface area contributed by atoms with Crippen LogP contribution < -0.4 is 0 Å². The lowest BCUT2D eigenvalue weighted by Crippen LogP contribution is -2.26. The van der Waals surface area contributed by atoms with Crippen molar-refractivity contribution in [3.05, 3.63) is 58.1 Å². The molecule has 1 heterocycles. The number of halogens is 1. The quantitative estimate of drug-likeness (QED) is 0.669. The number of likely N-dealkylation sites (N-methyl/N-ethyl adjacent to an activating group) is 1. The number of aryl methyl sites for hydroxylation is 1. The fraction of sp³-hybridized carbons (Fsp3) is 0.250. The van der Waals surface area contributed by atoms with E-state index in [1.807, 2.05) is 19.1 Å². The van der Waals surface area contributed by atoms with Crippen molar-refractivity contribution in [1.29, 1.82) is 0 Å². The molecule has 0 aliphatic heterocycles. The highest BCUT2D eigenvalue weighted by Crippen LogP contribution is 2.37. The van der Waals surface area contributed by atoms with Crippen LogP contribution in [0.4, 0.5) is 0 Å². The minimum Gasteiger partial charge on any atom is -0.354 e. The van der Waals surface area contributed by atoms with Gasteiger partial charge in [0.1, 0.15) is 0 Å². The Labute approximate surface area is 150 Å². The normalized spacial score (nSPS) is 12.4. The lowest BCUT2D eigenvalue weighted by atomic mass is 9.93. The summed E-state index contributed by atoms with van der Waals surface area (Å²) in [4.78, 5) is 17.8. The summed E-state index contributed by atoms with van der Waals surface area (Å²) >= 11 is 3.48. The summed E-state index contributed by atoms with van der Waals surface area (Å²) in [5, 5.41) is 1.12. The predicted octanol–water partition coefficient (Wildman–Crippen LogP) is 5.10. The molecule has 3 nitrogen and oxygen atoms in total. The molecule has 1 aromatic heterocycles. The third-order valence-electron chi connectivity index (χ3n) is 4.37. The molecule has 2 aromatic carbocycles. The fourth-order valence-electron chi connectivity index (χ4n) is 3.13. The molecule has 3 aromatic rings. The first-order chi connectivity index (χ1) is 11.4. The Morgan fingerprint density at radius 1 is 1.12 bits per heavy atom. The number of H-pyrrole nitrogens is 1. The van der Waals surface area contributed by atoms with Gasteiger partial charge in [0.05, 0.1) is 11.6 Å². The van der Waals surface area contributed by atoms with Gasteiger partial charge >= 0.3 is 0 Å². The molecule has 0 spiro atoms. The minimum atomic E-state index is -0.214. The molecule has 24 heavy (non-hydrogen) atoms. The molecule has 1 atom stereocenters. The fourth-order valence-corrected chi connectivity index (χ4v) is 3.40. The summed E-state index contributed by atoms with van der Waals surface area (Å²) in [6, 6.07) is 14.5. The van der Waals surface area contributed by atoms with Gasteiger partial charge in [-0.25, -0.2) is 0 Å². The van der Waals surface area contributed by atoms with Crippen LogP contribution in [0.1, 0.15) is 24.0 Å². The first kappa shape index (κ1) is 16.8. The molecule has 124 valence electrons. The molecule has 0 saturated heterocycles. The number of hydrogen-bond donors (Lipinski definition) is 1. The molecule has 0 aliphatic carbocycles. The van der Waals surface area contributed by atoms with Gasteiger partial charge in [0.15, 0.2) is 0 Å². The molecular formula is C20H21BrN2O. The van der Waals surface area contributed by atoms with E-state index in [1.165, 1.54) is 5.56 Å². The van der Waals surface area contributed by atoms with Crippen LogP contribution in [-0.2, 0) is 4.79 Å². The highest BCUT2D eigenvalue weighted by molar-refractivity contribution is 9.10. The van der Waals surface area contributed by atoms with E-state index in [2.05, 4.69) is 58.2 Å². The van der Waals surface area contributed by atoms with Crippen molar-refractivity contribution in [1.82, 2.24) is 9.88 Å². The number of rotatable bonds is 3. The minimum absolute atomic E-state index is 0.107. The van der Waals surface area contributed by atoms with E-state index >= 15 is 0 Å². The van der Waals surface area contributed by atoms with Gasteiger partial charge in [-0.1, -0.05) is 39.7 Å². The molecule has 0 saturated carbocycles. The maximum atomic E-state index is 12.6. The van der Waals surface area contributed by atoms with Gasteiger partial charge in [0.25, 0.3) is 0 Å². The Morgan fingerprint density at radius 2 is 1.79 bits per heavy atom. The zero-order chi connectivity index (χ0) is 17.4. The molecule has 0 fully saturated rings. The Bertz CT molecular complexity index is 894. The smallest absolute Gasteiger partial charge is 0.229 e. The maximum absolute atomic E-state index is 12.6. The Hall–Kier alpha value is -2.07. The third-order valence-corrected chi connectivity index (χ3v) is 4.90. The number of aromatic nitrogens is 1. The summed E-state index contributed by atoms with van der Waals surface area (Å²) in [6.07, 6.45) is 0. The van der Waals surface area contributed by atoms with Crippen molar-refractivity contribution < 1.29 is 4.79 Å². The lowest BCUT2D eigenvalue weighted by Gasteiger charge is -2.18. The van der Waals surface area contributed by atoms with Gasteiger partial charge in [0, 0.05) is 29.5 Å². The van der Waals surface area contributed by atoms with Gasteiger partial charge < -0.3 is 9.88 Å². The molecule has 3 rings (SSSR count). The number of nitrogens with zero attached hydrogens (tertiary/aromatic N) is 1. The SMILES string of the molecule is Cc1ccc2[nH]c(-c3ccc(Br)cc3)c(C(C)C(=O)N(C)C)c2c1. The molecule has 0 radical (unpaired) electrons. The Kier molecular flexibility index (Phi) is 4.50. The maximum Gasteiger partial charge on any atom is 0.229 e. The summed E-state index contributed by atoms with van der Waals surface area (Å²) in [6.45, 7) is 4.06. The third kappa shape index (κ3) is 2.98. The van der Waals surface area contributed by atoms with Crippen LogP contribution in [0.3, 0.4) is 0 Å². The number of benzene rings is 2. The van der Waals surface area contributed by atoms with Gasteiger partial charge in [-0.3, -0.25) is 4.79 Å². The molecule has 0 aliphatic rings. The van der Waals surface area contributed by atoms with E-state index in [4.69, 9.17) is 0 Å². The van der Waals surface area contributed by atoms with Gasteiger partial charge in [-0.15, -0.1) is 0 Å². The highest BCUT2D eigenvalue weighted by atomic mass is 79.9. The second-order valence-electron chi connectivity index (χ2n) is 6.42. The number of aromatic amines is 1. The van der Waals surface area contributed by atoms with Gasteiger partial charge in [-0.05, 0) is 49.2 Å². The number of amides is 1.